The van der Waals surface area contributed by atoms with Crippen LogP contribution in [0.5, 0.6) is 5.75 Å². The summed E-state index contributed by atoms with van der Waals surface area (Å²) in [6.45, 7) is 0. The van der Waals surface area contributed by atoms with E-state index >= 15 is 0 Å². The predicted molar refractivity (Wildman–Crippen MR) is 57.8 cm³/mol. The number of amides is 1. The number of ether oxygens (including phenoxy) is 1. The van der Waals surface area contributed by atoms with Gasteiger partial charge in [-0.1, -0.05) is 15.9 Å². The van der Waals surface area contributed by atoms with E-state index in [0.29, 0.717) is 6.42 Å². The minimum absolute atomic E-state index is 0.108. The number of fused-ring (bicyclic) bond motifs is 1. The molecule has 1 heterocycles. The van der Waals surface area contributed by atoms with Gasteiger partial charge in [-0.05, 0) is 17.7 Å². The van der Waals surface area contributed by atoms with Gasteiger partial charge in [0.2, 0.25) is 5.91 Å². The van der Waals surface area contributed by atoms with Crippen LogP contribution >= 0.6 is 15.9 Å². The number of hydrogen-bond acceptors (Lipinski definition) is 2. The maximum Gasteiger partial charge on any atom is 0.231 e. The van der Waals surface area contributed by atoms with Crippen LogP contribution in [-0.4, -0.2) is 20.1 Å². The van der Waals surface area contributed by atoms with Crippen molar-refractivity contribution in [3.05, 3.63) is 22.2 Å². The highest BCUT2D eigenvalue weighted by Gasteiger charge is 2.27. The molecule has 0 bridgehead atoms. The van der Waals surface area contributed by atoms with Crippen LogP contribution in [0.4, 0.5) is 5.69 Å². The van der Waals surface area contributed by atoms with Crippen molar-refractivity contribution in [2.75, 3.05) is 19.1 Å². The number of rotatable bonds is 1. The molecule has 0 saturated heterocycles. The minimum atomic E-state index is 0.108. The van der Waals surface area contributed by atoms with E-state index in [1.54, 1.807) is 19.1 Å². The highest BCUT2D eigenvalue weighted by molar-refractivity contribution is 9.10. The van der Waals surface area contributed by atoms with Crippen LogP contribution < -0.4 is 9.64 Å². The lowest BCUT2D eigenvalue weighted by Gasteiger charge is -2.14. The van der Waals surface area contributed by atoms with Gasteiger partial charge >= 0.3 is 0 Å². The van der Waals surface area contributed by atoms with Crippen LogP contribution in [0.2, 0.25) is 0 Å². The molecule has 4 heteroatoms. The standard InChI is InChI=1S/C10H10BrNO2/c1-12-9(13)4-6-3-7(11)5-8(14-2)10(6)12/h3,5H,4H2,1-2H3. The zero-order valence-electron chi connectivity index (χ0n) is 8.00. The molecule has 1 aromatic carbocycles. The van der Waals surface area contributed by atoms with E-state index in [1.807, 2.05) is 12.1 Å². The van der Waals surface area contributed by atoms with Gasteiger partial charge in [0.15, 0.2) is 0 Å². The van der Waals surface area contributed by atoms with Gasteiger partial charge in [0.1, 0.15) is 5.75 Å². The summed E-state index contributed by atoms with van der Waals surface area (Å²) in [6, 6.07) is 3.83. The summed E-state index contributed by atoms with van der Waals surface area (Å²) in [4.78, 5) is 13.1. The van der Waals surface area contributed by atoms with Crippen molar-refractivity contribution < 1.29 is 9.53 Å². The summed E-state index contributed by atoms with van der Waals surface area (Å²) >= 11 is 3.39. The number of halogens is 1. The van der Waals surface area contributed by atoms with E-state index in [1.165, 1.54) is 0 Å². The average molecular weight is 256 g/mol. The zero-order chi connectivity index (χ0) is 10.3. The molecular weight excluding hydrogens is 246 g/mol. The fourth-order valence-corrected chi connectivity index (χ4v) is 2.19. The van der Waals surface area contributed by atoms with Crippen LogP contribution in [0, 0.1) is 0 Å². The smallest absolute Gasteiger partial charge is 0.231 e. The molecule has 0 unspecified atom stereocenters. The van der Waals surface area contributed by atoms with Crippen LogP contribution in [0.25, 0.3) is 0 Å². The lowest BCUT2D eigenvalue weighted by atomic mass is 10.1. The van der Waals surface area contributed by atoms with E-state index in [4.69, 9.17) is 4.74 Å². The van der Waals surface area contributed by atoms with Gasteiger partial charge in [-0.25, -0.2) is 0 Å². The monoisotopic (exact) mass is 255 g/mol. The van der Waals surface area contributed by atoms with Gasteiger partial charge in [0, 0.05) is 11.5 Å². The maximum absolute atomic E-state index is 11.5. The van der Waals surface area contributed by atoms with E-state index in [9.17, 15) is 4.79 Å². The number of carbonyl (C=O) groups is 1. The topological polar surface area (TPSA) is 29.5 Å². The molecule has 2 rings (SSSR count). The van der Waals surface area contributed by atoms with E-state index in [2.05, 4.69) is 15.9 Å². The highest BCUT2D eigenvalue weighted by atomic mass is 79.9. The Bertz CT molecular complexity index is 403. The fraction of sp³-hybridized carbons (Fsp3) is 0.300. The van der Waals surface area contributed by atoms with Gasteiger partial charge < -0.3 is 9.64 Å². The second kappa shape index (κ2) is 3.28. The molecule has 1 aliphatic heterocycles. The SMILES string of the molecule is COc1cc(Br)cc2c1N(C)C(=O)C2. The molecule has 0 saturated carbocycles. The molecule has 74 valence electrons. The third kappa shape index (κ3) is 1.30. The first-order valence-electron chi connectivity index (χ1n) is 4.26. The first-order valence-corrected chi connectivity index (χ1v) is 5.05. The summed E-state index contributed by atoms with van der Waals surface area (Å²) in [7, 11) is 3.38. The normalized spacial score (nSPS) is 14.5. The van der Waals surface area contributed by atoms with Gasteiger partial charge in [-0.3, -0.25) is 4.79 Å². The number of carbonyl (C=O) groups excluding carboxylic acids is 1. The van der Waals surface area contributed by atoms with E-state index in [0.717, 1.165) is 21.5 Å². The molecule has 0 spiro atoms. The van der Waals surface area contributed by atoms with E-state index in [-0.39, 0.29) is 5.91 Å². The van der Waals surface area contributed by atoms with Crippen molar-refractivity contribution in [1.82, 2.24) is 0 Å². The Morgan fingerprint density at radius 1 is 1.50 bits per heavy atom. The van der Waals surface area contributed by atoms with Gasteiger partial charge in [-0.15, -0.1) is 0 Å². The summed E-state index contributed by atoms with van der Waals surface area (Å²) < 4.78 is 6.17. The average Bonchev–Trinajstić information content (AvgIpc) is 2.41. The van der Waals surface area contributed by atoms with Crippen molar-refractivity contribution in [2.45, 2.75) is 6.42 Å². The van der Waals surface area contributed by atoms with Crippen molar-refractivity contribution >= 4 is 27.5 Å². The zero-order valence-corrected chi connectivity index (χ0v) is 9.59. The molecule has 0 aliphatic carbocycles. The molecule has 3 nitrogen and oxygen atoms in total. The number of hydrogen-bond donors (Lipinski definition) is 0. The van der Waals surface area contributed by atoms with Crippen molar-refractivity contribution in [2.24, 2.45) is 0 Å². The second-order valence-corrected chi connectivity index (χ2v) is 4.16. The Labute approximate surface area is 90.8 Å². The first-order chi connectivity index (χ1) is 6.63. The molecule has 0 fully saturated rings. The number of likely N-dealkylation sites (N-methyl/N-ethyl adjacent to an activating group) is 1. The van der Waals surface area contributed by atoms with Crippen molar-refractivity contribution in [3.63, 3.8) is 0 Å². The third-order valence-corrected chi connectivity index (χ3v) is 2.85. The highest BCUT2D eigenvalue weighted by Crippen LogP contribution is 2.39. The molecule has 1 aromatic rings. The van der Waals surface area contributed by atoms with Crippen LogP contribution in [-0.2, 0) is 11.2 Å². The van der Waals surface area contributed by atoms with Crippen molar-refractivity contribution in [1.29, 1.82) is 0 Å². The van der Waals surface area contributed by atoms with Gasteiger partial charge in [0.25, 0.3) is 0 Å². The lowest BCUT2D eigenvalue weighted by Crippen LogP contribution is -2.21. The number of nitrogens with zero attached hydrogens (tertiary/aromatic N) is 1. The Kier molecular flexibility index (Phi) is 2.23. The Balaban J connectivity index is 2.61. The van der Waals surface area contributed by atoms with E-state index < -0.39 is 0 Å². The quantitative estimate of drug-likeness (QED) is 0.768. The van der Waals surface area contributed by atoms with Gasteiger partial charge in [0.05, 0.1) is 19.2 Å². The predicted octanol–water partition coefficient (Wildman–Crippen LogP) is 1.98. The summed E-state index contributed by atoms with van der Waals surface area (Å²) in [5.41, 5.74) is 1.91. The summed E-state index contributed by atoms with van der Waals surface area (Å²) in [6.07, 6.45) is 0.460. The van der Waals surface area contributed by atoms with Crippen molar-refractivity contribution in [3.8, 4) is 5.75 Å². The maximum atomic E-state index is 11.5. The van der Waals surface area contributed by atoms with Crippen LogP contribution in [0.1, 0.15) is 5.56 Å². The largest absolute Gasteiger partial charge is 0.495 e. The van der Waals surface area contributed by atoms with Crippen LogP contribution in [0.3, 0.4) is 0 Å². The first kappa shape index (κ1) is 9.52. The lowest BCUT2D eigenvalue weighted by molar-refractivity contribution is -0.117. The molecule has 1 aliphatic rings. The Morgan fingerprint density at radius 2 is 2.21 bits per heavy atom. The Hall–Kier alpha value is -1.03. The molecule has 0 atom stereocenters. The molecular formula is C10H10BrNO2. The van der Waals surface area contributed by atoms with Gasteiger partial charge in [-0.2, -0.15) is 0 Å². The molecule has 0 radical (unpaired) electrons. The number of methoxy groups -OCH3 is 1. The number of anilines is 1. The molecule has 14 heavy (non-hydrogen) atoms. The number of benzene rings is 1. The molecule has 0 N–H and O–H groups in total. The molecule has 0 aromatic heterocycles. The summed E-state index contributed by atoms with van der Waals surface area (Å²) in [5, 5.41) is 0. The Morgan fingerprint density at radius 3 is 2.86 bits per heavy atom. The third-order valence-electron chi connectivity index (χ3n) is 2.39. The minimum Gasteiger partial charge on any atom is -0.495 e. The van der Waals surface area contributed by atoms with Crippen LogP contribution in [0.15, 0.2) is 16.6 Å². The summed E-state index contributed by atoms with van der Waals surface area (Å²) in [5.74, 6) is 0.846. The second-order valence-electron chi connectivity index (χ2n) is 3.25. The molecule has 1 amide bonds. The fourth-order valence-electron chi connectivity index (χ4n) is 1.71.